The highest BCUT2D eigenvalue weighted by atomic mass is 16.2. The molecule has 18 heavy (non-hydrogen) atoms. The van der Waals surface area contributed by atoms with Crippen LogP contribution >= 0.6 is 0 Å². The minimum atomic E-state index is 0.134. The van der Waals surface area contributed by atoms with Crippen LogP contribution in [0.2, 0.25) is 0 Å². The zero-order valence-electron chi connectivity index (χ0n) is 11.8. The summed E-state index contributed by atoms with van der Waals surface area (Å²) in [5, 5.41) is 0. The average molecular weight is 251 g/mol. The van der Waals surface area contributed by atoms with Crippen molar-refractivity contribution in [2.45, 2.75) is 46.5 Å². The Bertz CT molecular complexity index is 339. The van der Waals surface area contributed by atoms with Gasteiger partial charge in [-0.3, -0.25) is 4.79 Å². The van der Waals surface area contributed by atoms with Gasteiger partial charge < -0.3 is 10.6 Å². The molecule has 1 fully saturated rings. The summed E-state index contributed by atoms with van der Waals surface area (Å²) in [6, 6.07) is 0. The number of amidine groups is 1. The van der Waals surface area contributed by atoms with Crippen LogP contribution in [0.1, 0.15) is 46.5 Å². The number of carbonyl (C=O) groups excluding carboxylic acids is 1. The van der Waals surface area contributed by atoms with E-state index < -0.39 is 0 Å². The molecule has 4 heteroatoms. The maximum absolute atomic E-state index is 12.3. The SMILES string of the molecule is CCC/C(=C\N=C(/N)C(C)C)C(=O)N1CCCC1. The molecule has 0 aromatic heterocycles. The van der Waals surface area contributed by atoms with Gasteiger partial charge in [0.15, 0.2) is 0 Å². The molecule has 0 unspecified atom stereocenters. The van der Waals surface area contributed by atoms with Crippen molar-refractivity contribution < 1.29 is 4.79 Å². The normalized spacial score (nSPS) is 17.7. The predicted octanol–water partition coefficient (Wildman–Crippen LogP) is 2.31. The first kappa shape index (κ1) is 14.7. The highest BCUT2D eigenvalue weighted by molar-refractivity contribution is 5.94. The molecule has 0 aromatic rings. The molecular formula is C14H25N3O. The highest BCUT2D eigenvalue weighted by Crippen LogP contribution is 2.15. The van der Waals surface area contributed by atoms with E-state index in [2.05, 4.69) is 11.9 Å². The average Bonchev–Trinajstić information content (AvgIpc) is 2.86. The Hall–Kier alpha value is -1.32. The second-order valence-corrected chi connectivity index (χ2v) is 5.11. The van der Waals surface area contributed by atoms with Gasteiger partial charge in [0.1, 0.15) is 5.84 Å². The lowest BCUT2D eigenvalue weighted by atomic mass is 10.1. The van der Waals surface area contributed by atoms with E-state index in [1.165, 1.54) is 0 Å². The Morgan fingerprint density at radius 2 is 2.00 bits per heavy atom. The van der Waals surface area contributed by atoms with Crippen molar-refractivity contribution in [3.8, 4) is 0 Å². The van der Waals surface area contributed by atoms with Crippen LogP contribution in [0.4, 0.5) is 0 Å². The van der Waals surface area contributed by atoms with E-state index in [1.807, 2.05) is 18.7 Å². The van der Waals surface area contributed by atoms with Crippen LogP contribution in [-0.4, -0.2) is 29.7 Å². The summed E-state index contributed by atoms with van der Waals surface area (Å²) in [6.07, 6.45) is 5.61. The van der Waals surface area contributed by atoms with Gasteiger partial charge in [0.2, 0.25) is 0 Å². The predicted molar refractivity (Wildman–Crippen MR) is 75.3 cm³/mol. The summed E-state index contributed by atoms with van der Waals surface area (Å²) >= 11 is 0. The molecule has 1 amide bonds. The first-order valence-corrected chi connectivity index (χ1v) is 6.87. The third-order valence-corrected chi connectivity index (χ3v) is 3.15. The largest absolute Gasteiger partial charge is 0.387 e. The van der Waals surface area contributed by atoms with Gasteiger partial charge in [0.05, 0.1) is 0 Å². The van der Waals surface area contributed by atoms with Crippen LogP contribution in [0.25, 0.3) is 0 Å². The van der Waals surface area contributed by atoms with E-state index in [0.717, 1.165) is 44.3 Å². The third-order valence-electron chi connectivity index (χ3n) is 3.15. The minimum absolute atomic E-state index is 0.134. The molecule has 0 radical (unpaired) electrons. The number of aliphatic imine (C=N–C) groups is 1. The zero-order valence-corrected chi connectivity index (χ0v) is 11.8. The maximum Gasteiger partial charge on any atom is 0.251 e. The summed E-state index contributed by atoms with van der Waals surface area (Å²) < 4.78 is 0. The molecule has 0 saturated carbocycles. The summed E-state index contributed by atoms with van der Waals surface area (Å²) in [4.78, 5) is 18.4. The van der Waals surface area contributed by atoms with Crippen molar-refractivity contribution in [2.24, 2.45) is 16.6 Å². The Kier molecular flexibility index (Phi) is 5.89. The van der Waals surface area contributed by atoms with Gasteiger partial charge in [-0.15, -0.1) is 0 Å². The van der Waals surface area contributed by atoms with Crippen molar-refractivity contribution >= 4 is 11.7 Å². The molecular weight excluding hydrogens is 226 g/mol. The maximum atomic E-state index is 12.3. The lowest BCUT2D eigenvalue weighted by molar-refractivity contribution is -0.126. The van der Waals surface area contributed by atoms with E-state index in [1.54, 1.807) is 6.20 Å². The number of nitrogens with two attached hydrogens (primary N) is 1. The number of amides is 1. The molecule has 1 saturated heterocycles. The van der Waals surface area contributed by atoms with Gasteiger partial charge in [-0.05, 0) is 19.3 Å². The van der Waals surface area contributed by atoms with Gasteiger partial charge in [-0.25, -0.2) is 4.99 Å². The fourth-order valence-electron chi connectivity index (χ4n) is 1.92. The summed E-state index contributed by atoms with van der Waals surface area (Å²) in [6.45, 7) is 7.82. The Morgan fingerprint density at radius 3 is 2.50 bits per heavy atom. The lowest BCUT2D eigenvalue weighted by Gasteiger charge is -2.16. The second kappa shape index (κ2) is 7.19. The molecule has 2 N–H and O–H groups in total. The number of hydrogen-bond donors (Lipinski definition) is 1. The van der Waals surface area contributed by atoms with Crippen LogP contribution in [0.5, 0.6) is 0 Å². The first-order chi connectivity index (χ1) is 8.56. The molecule has 0 bridgehead atoms. The monoisotopic (exact) mass is 251 g/mol. The van der Waals surface area contributed by atoms with E-state index in [4.69, 9.17) is 5.73 Å². The third kappa shape index (κ3) is 4.17. The number of rotatable bonds is 5. The summed E-state index contributed by atoms with van der Waals surface area (Å²) in [5.74, 6) is 0.929. The van der Waals surface area contributed by atoms with Crippen molar-refractivity contribution in [3.05, 3.63) is 11.8 Å². The molecule has 0 aromatic carbocycles. The molecule has 1 rings (SSSR count). The van der Waals surface area contributed by atoms with Gasteiger partial charge in [0, 0.05) is 30.8 Å². The molecule has 4 nitrogen and oxygen atoms in total. The topological polar surface area (TPSA) is 58.7 Å². The fraction of sp³-hybridized carbons (Fsp3) is 0.714. The summed E-state index contributed by atoms with van der Waals surface area (Å²) in [5.41, 5.74) is 6.58. The summed E-state index contributed by atoms with van der Waals surface area (Å²) in [7, 11) is 0. The van der Waals surface area contributed by atoms with E-state index >= 15 is 0 Å². The van der Waals surface area contributed by atoms with Crippen LogP contribution in [0.15, 0.2) is 16.8 Å². The van der Waals surface area contributed by atoms with Crippen LogP contribution in [-0.2, 0) is 4.79 Å². The minimum Gasteiger partial charge on any atom is -0.387 e. The molecule has 1 aliphatic rings. The van der Waals surface area contributed by atoms with Crippen LogP contribution < -0.4 is 5.73 Å². The van der Waals surface area contributed by atoms with Crippen LogP contribution in [0.3, 0.4) is 0 Å². The Morgan fingerprint density at radius 1 is 1.39 bits per heavy atom. The number of hydrogen-bond acceptors (Lipinski definition) is 2. The van der Waals surface area contributed by atoms with Crippen molar-refractivity contribution in [2.75, 3.05) is 13.1 Å². The Balaban J connectivity index is 2.77. The number of carbonyl (C=O) groups is 1. The van der Waals surface area contributed by atoms with E-state index in [-0.39, 0.29) is 11.8 Å². The van der Waals surface area contributed by atoms with Gasteiger partial charge in [-0.1, -0.05) is 27.2 Å². The van der Waals surface area contributed by atoms with Gasteiger partial charge >= 0.3 is 0 Å². The number of likely N-dealkylation sites (tertiary alicyclic amines) is 1. The zero-order chi connectivity index (χ0) is 13.5. The second-order valence-electron chi connectivity index (χ2n) is 5.11. The molecule has 0 spiro atoms. The lowest BCUT2D eigenvalue weighted by Crippen LogP contribution is -2.29. The molecule has 0 atom stereocenters. The fourth-order valence-corrected chi connectivity index (χ4v) is 1.92. The highest BCUT2D eigenvalue weighted by Gasteiger charge is 2.20. The molecule has 102 valence electrons. The van der Waals surface area contributed by atoms with Crippen LogP contribution in [0, 0.1) is 5.92 Å². The molecule has 0 aliphatic carbocycles. The quantitative estimate of drug-likeness (QED) is 0.463. The molecule has 1 aliphatic heterocycles. The van der Waals surface area contributed by atoms with E-state index in [9.17, 15) is 4.79 Å². The number of nitrogens with zero attached hydrogens (tertiary/aromatic N) is 2. The van der Waals surface area contributed by atoms with Crippen molar-refractivity contribution in [1.82, 2.24) is 4.90 Å². The standard InChI is InChI=1S/C14H25N3O/c1-4-7-12(10-16-13(15)11(2)3)14(18)17-8-5-6-9-17/h10-11H,4-9H2,1-3H3,(H2,15,16)/b12-10+. The van der Waals surface area contributed by atoms with Crippen molar-refractivity contribution in [1.29, 1.82) is 0 Å². The van der Waals surface area contributed by atoms with Gasteiger partial charge in [0.25, 0.3) is 5.91 Å². The smallest absolute Gasteiger partial charge is 0.251 e. The van der Waals surface area contributed by atoms with E-state index in [0.29, 0.717) is 5.84 Å². The first-order valence-electron chi connectivity index (χ1n) is 6.87. The Labute approximate surface area is 110 Å². The van der Waals surface area contributed by atoms with Crippen molar-refractivity contribution in [3.63, 3.8) is 0 Å². The molecule has 1 heterocycles. The van der Waals surface area contributed by atoms with Gasteiger partial charge in [-0.2, -0.15) is 0 Å².